The first-order valence-corrected chi connectivity index (χ1v) is 11.2. The maximum absolute atomic E-state index is 13.4. The Balaban J connectivity index is 1.81. The summed E-state index contributed by atoms with van der Waals surface area (Å²) < 4.78 is 42.7. The lowest BCUT2D eigenvalue weighted by molar-refractivity contribution is 0.234. The Morgan fingerprint density at radius 3 is 2.96 bits per heavy atom. The number of nitrogens with two attached hydrogens (primary N) is 1. The number of rotatable bonds is 5. The van der Waals surface area contributed by atoms with Crippen molar-refractivity contribution in [1.29, 1.82) is 0 Å². The maximum atomic E-state index is 13.4. The topological polar surface area (TPSA) is 147 Å². The largest absolute Gasteiger partial charge is 0.290 e. The van der Waals surface area contributed by atoms with Crippen LogP contribution < -0.4 is 10.6 Å². The van der Waals surface area contributed by atoms with Crippen LogP contribution in [-0.2, 0) is 10.2 Å². The Bertz CT molecular complexity index is 986. The smallest absolute Gasteiger partial charge is 0.276 e. The summed E-state index contributed by atoms with van der Waals surface area (Å²) in [5.74, 6) is -0.505. The molecular weight excluding hydrogens is 479 g/mol. The molecule has 0 unspecified atom stereocenters. The SMILES string of the molecule is NS(=O)(=O)N1CCC[C@H](Sc2nonc2C(=Nc2ccc(F)c(Br)c2)NO)C1. The van der Waals surface area contributed by atoms with Crippen molar-refractivity contribution in [2.75, 3.05) is 13.1 Å². The van der Waals surface area contributed by atoms with Crippen molar-refractivity contribution in [3.05, 3.63) is 34.2 Å². The molecule has 0 bridgehead atoms. The second-order valence-electron chi connectivity index (χ2n) is 5.87. The fourth-order valence-electron chi connectivity index (χ4n) is 2.61. The molecule has 1 aliphatic rings. The first-order valence-electron chi connectivity index (χ1n) is 7.99. The van der Waals surface area contributed by atoms with Crippen molar-refractivity contribution in [2.24, 2.45) is 10.1 Å². The van der Waals surface area contributed by atoms with Gasteiger partial charge in [-0.3, -0.25) is 10.7 Å². The van der Waals surface area contributed by atoms with Crippen LogP contribution in [0.15, 0.2) is 37.3 Å². The monoisotopic (exact) mass is 494 g/mol. The lowest BCUT2D eigenvalue weighted by Gasteiger charge is -2.29. The fourth-order valence-corrected chi connectivity index (χ4v) is 5.02. The summed E-state index contributed by atoms with van der Waals surface area (Å²) in [4.78, 5) is 4.19. The van der Waals surface area contributed by atoms with E-state index in [1.54, 1.807) is 0 Å². The summed E-state index contributed by atoms with van der Waals surface area (Å²) in [6.45, 7) is 0.587. The summed E-state index contributed by atoms with van der Waals surface area (Å²) >= 11 is 4.31. The highest BCUT2D eigenvalue weighted by Crippen LogP contribution is 2.31. The molecule has 0 amide bonds. The van der Waals surface area contributed by atoms with E-state index in [9.17, 15) is 18.0 Å². The van der Waals surface area contributed by atoms with Crippen molar-refractivity contribution < 1.29 is 22.6 Å². The molecule has 1 aromatic heterocycles. The summed E-state index contributed by atoms with van der Waals surface area (Å²) in [6, 6.07) is 4.07. The zero-order chi connectivity index (χ0) is 20.3. The van der Waals surface area contributed by atoms with Crippen LogP contribution >= 0.6 is 27.7 Å². The molecule has 3 rings (SSSR count). The molecule has 1 saturated heterocycles. The average molecular weight is 495 g/mol. The van der Waals surface area contributed by atoms with Crippen LogP contribution in [0.25, 0.3) is 0 Å². The number of hydrogen-bond acceptors (Lipinski definition) is 8. The summed E-state index contributed by atoms with van der Waals surface area (Å²) in [7, 11) is -3.77. The van der Waals surface area contributed by atoms with Crippen LogP contribution in [0.1, 0.15) is 18.5 Å². The van der Waals surface area contributed by atoms with E-state index in [4.69, 9.17) is 9.77 Å². The Morgan fingerprint density at radius 2 is 2.29 bits per heavy atom. The first-order chi connectivity index (χ1) is 13.3. The molecule has 0 spiro atoms. The van der Waals surface area contributed by atoms with Gasteiger partial charge in [0.25, 0.3) is 10.2 Å². The van der Waals surface area contributed by atoms with Crippen LogP contribution in [0.2, 0.25) is 0 Å². The third-order valence-corrected chi connectivity index (χ3v) is 6.78. The van der Waals surface area contributed by atoms with Crippen LogP contribution in [0.4, 0.5) is 10.1 Å². The Morgan fingerprint density at radius 1 is 1.50 bits per heavy atom. The number of halogens is 2. The molecule has 4 N–H and O–H groups in total. The number of piperidine rings is 1. The highest BCUT2D eigenvalue weighted by Gasteiger charge is 2.29. The number of hydrogen-bond donors (Lipinski definition) is 3. The number of aliphatic imine (C=N–C) groups is 1. The van der Waals surface area contributed by atoms with Crippen LogP contribution in [0.5, 0.6) is 0 Å². The molecule has 28 heavy (non-hydrogen) atoms. The predicted molar refractivity (Wildman–Crippen MR) is 103 cm³/mol. The van der Waals surface area contributed by atoms with E-state index in [0.717, 1.165) is 6.42 Å². The van der Waals surface area contributed by atoms with Gasteiger partial charge in [-0.15, -0.1) is 0 Å². The van der Waals surface area contributed by atoms with Gasteiger partial charge in [-0.25, -0.2) is 19.2 Å². The molecule has 1 aromatic carbocycles. The highest BCUT2D eigenvalue weighted by molar-refractivity contribution is 9.10. The maximum Gasteiger partial charge on any atom is 0.276 e. The van der Waals surface area contributed by atoms with Crippen molar-refractivity contribution in [3.63, 3.8) is 0 Å². The Labute approximate surface area is 172 Å². The molecule has 2 heterocycles. The standard InChI is InChI=1S/C14H16BrFN6O4S2/c15-10-6-8(3-4-11(10)16)18-13(19-23)12-14(21-26-20-12)27-9-2-1-5-22(7-9)28(17,24)25/h3-4,6,9,23H,1-2,5,7H2,(H,18,19)(H2,17,24,25)/t9-/m0/s1. The van der Waals surface area contributed by atoms with E-state index in [1.165, 1.54) is 34.3 Å². The molecule has 14 heteroatoms. The number of aromatic nitrogens is 2. The van der Waals surface area contributed by atoms with Crippen molar-refractivity contribution in [2.45, 2.75) is 23.1 Å². The van der Waals surface area contributed by atoms with E-state index in [-0.39, 0.29) is 27.8 Å². The molecule has 10 nitrogen and oxygen atoms in total. The van der Waals surface area contributed by atoms with Gasteiger partial charge in [0.15, 0.2) is 16.6 Å². The number of nitrogens with one attached hydrogen (secondary N) is 1. The van der Waals surface area contributed by atoms with Crippen molar-refractivity contribution >= 4 is 49.4 Å². The van der Waals surface area contributed by atoms with Gasteiger partial charge < -0.3 is 0 Å². The molecule has 0 radical (unpaired) electrons. The molecule has 2 aromatic rings. The lowest BCUT2D eigenvalue weighted by Crippen LogP contribution is -2.44. The molecule has 1 aliphatic heterocycles. The molecule has 0 saturated carbocycles. The minimum atomic E-state index is -3.77. The lowest BCUT2D eigenvalue weighted by atomic mass is 10.2. The van der Waals surface area contributed by atoms with Gasteiger partial charge in [0.1, 0.15) is 5.82 Å². The number of benzene rings is 1. The van der Waals surface area contributed by atoms with E-state index < -0.39 is 16.0 Å². The second-order valence-corrected chi connectivity index (χ2v) is 9.56. The highest BCUT2D eigenvalue weighted by atomic mass is 79.9. The van der Waals surface area contributed by atoms with E-state index in [2.05, 4.69) is 31.2 Å². The van der Waals surface area contributed by atoms with Gasteiger partial charge in [-0.1, -0.05) is 11.8 Å². The Kier molecular flexibility index (Phi) is 6.67. The van der Waals surface area contributed by atoms with Crippen molar-refractivity contribution in [1.82, 2.24) is 20.1 Å². The average Bonchev–Trinajstić information content (AvgIpc) is 3.10. The summed E-state index contributed by atoms with van der Waals surface area (Å²) in [5.41, 5.74) is 2.42. The van der Waals surface area contributed by atoms with Gasteiger partial charge in [0.2, 0.25) is 0 Å². The number of nitrogens with zero attached hydrogens (tertiary/aromatic N) is 4. The molecule has 1 fully saturated rings. The Hall–Kier alpha value is -1.58. The van der Waals surface area contributed by atoms with Crippen LogP contribution in [0, 0.1) is 5.82 Å². The van der Waals surface area contributed by atoms with E-state index in [1.807, 2.05) is 5.48 Å². The summed E-state index contributed by atoms with van der Waals surface area (Å²) in [6.07, 6.45) is 1.39. The normalized spacial score (nSPS) is 19.0. The predicted octanol–water partition coefficient (Wildman–Crippen LogP) is 1.79. The van der Waals surface area contributed by atoms with Gasteiger partial charge in [0, 0.05) is 18.3 Å². The first kappa shape index (κ1) is 21.1. The molecule has 1 atom stereocenters. The minimum absolute atomic E-state index is 0.0543. The number of hydroxylamine groups is 1. The number of thioether (sulfide) groups is 1. The van der Waals surface area contributed by atoms with Crippen molar-refractivity contribution in [3.8, 4) is 0 Å². The fraction of sp³-hybridized carbons (Fsp3) is 0.357. The van der Waals surface area contributed by atoms with E-state index >= 15 is 0 Å². The minimum Gasteiger partial charge on any atom is -0.290 e. The van der Waals surface area contributed by atoms with Gasteiger partial charge in [-0.2, -0.15) is 12.7 Å². The quantitative estimate of drug-likeness (QED) is 0.323. The zero-order valence-corrected chi connectivity index (χ0v) is 17.5. The van der Waals surface area contributed by atoms with Crippen LogP contribution in [0.3, 0.4) is 0 Å². The summed E-state index contributed by atoms with van der Waals surface area (Å²) in [5, 5.41) is 22.4. The second kappa shape index (κ2) is 8.84. The van der Waals surface area contributed by atoms with Gasteiger partial charge in [-0.05, 0) is 57.3 Å². The zero-order valence-electron chi connectivity index (χ0n) is 14.2. The third kappa shape index (κ3) is 5.07. The van der Waals surface area contributed by atoms with Gasteiger partial charge in [0.05, 0.1) is 10.2 Å². The van der Waals surface area contributed by atoms with Crippen LogP contribution in [-0.4, -0.2) is 52.4 Å². The third-order valence-electron chi connectivity index (χ3n) is 3.91. The number of amidine groups is 1. The molecule has 152 valence electrons. The van der Waals surface area contributed by atoms with E-state index in [0.29, 0.717) is 23.7 Å². The van der Waals surface area contributed by atoms with Gasteiger partial charge >= 0.3 is 0 Å². The molecule has 0 aliphatic carbocycles. The molecular formula is C14H16BrFN6O4S2.